The third kappa shape index (κ3) is 5.21. The molecule has 0 aliphatic carbocycles. The third-order valence-corrected chi connectivity index (χ3v) is 6.57. The Balaban J connectivity index is 1.42. The number of rotatable bonds is 8. The molecule has 0 amide bonds. The molecule has 0 unspecified atom stereocenters. The molecule has 2 aromatic heterocycles. The SMILES string of the molecule is C=C(O)c1cn(Cc2ccc(-c3ccc(N4CCOCC4)nc3)cc2)c2cccc(NCCO)c2c1=O. The van der Waals surface area contributed by atoms with Gasteiger partial charge < -0.3 is 29.7 Å². The van der Waals surface area contributed by atoms with Gasteiger partial charge in [-0.15, -0.1) is 0 Å². The lowest BCUT2D eigenvalue weighted by atomic mass is 10.0. The zero-order valence-electron chi connectivity index (χ0n) is 20.6. The van der Waals surface area contributed by atoms with Crippen molar-refractivity contribution in [1.82, 2.24) is 9.55 Å². The summed E-state index contributed by atoms with van der Waals surface area (Å²) in [7, 11) is 0. The molecule has 1 aliphatic rings. The molecule has 0 bridgehead atoms. The summed E-state index contributed by atoms with van der Waals surface area (Å²) in [4.78, 5) is 20.0. The maximum atomic E-state index is 13.1. The lowest BCUT2D eigenvalue weighted by Crippen LogP contribution is -2.36. The largest absolute Gasteiger partial charge is 0.508 e. The van der Waals surface area contributed by atoms with Crippen LogP contribution < -0.4 is 15.6 Å². The number of morpholine rings is 1. The predicted molar refractivity (Wildman–Crippen MR) is 147 cm³/mol. The van der Waals surface area contributed by atoms with Crippen molar-refractivity contribution in [2.75, 3.05) is 49.7 Å². The topological polar surface area (TPSA) is 99.8 Å². The second-order valence-corrected chi connectivity index (χ2v) is 9.00. The van der Waals surface area contributed by atoms with Crippen molar-refractivity contribution in [3.63, 3.8) is 0 Å². The summed E-state index contributed by atoms with van der Waals surface area (Å²) >= 11 is 0. The van der Waals surface area contributed by atoms with Crippen LogP contribution >= 0.6 is 0 Å². The summed E-state index contributed by atoms with van der Waals surface area (Å²) in [5.74, 6) is 0.684. The van der Waals surface area contributed by atoms with E-state index in [0.717, 1.165) is 54.3 Å². The van der Waals surface area contributed by atoms with Crippen molar-refractivity contribution < 1.29 is 14.9 Å². The van der Waals surface area contributed by atoms with E-state index in [9.17, 15) is 15.0 Å². The highest BCUT2D eigenvalue weighted by Crippen LogP contribution is 2.25. The molecule has 8 heteroatoms. The van der Waals surface area contributed by atoms with Crippen LogP contribution in [0.15, 0.2) is 78.4 Å². The van der Waals surface area contributed by atoms with Gasteiger partial charge in [0.1, 0.15) is 11.6 Å². The van der Waals surface area contributed by atoms with Crippen molar-refractivity contribution in [2.24, 2.45) is 0 Å². The first-order chi connectivity index (χ1) is 18.0. The second-order valence-electron chi connectivity index (χ2n) is 9.00. The van der Waals surface area contributed by atoms with Crippen LogP contribution in [-0.2, 0) is 11.3 Å². The van der Waals surface area contributed by atoms with E-state index in [-0.39, 0.29) is 23.4 Å². The number of anilines is 2. The summed E-state index contributed by atoms with van der Waals surface area (Å²) in [6, 6.07) is 17.9. The maximum Gasteiger partial charge on any atom is 0.202 e. The standard InChI is InChI=1S/C29H30N4O4/c1-20(35)24-19-33(26-4-2-3-25(30-11-14-34)28(26)29(24)36)18-21-5-7-22(8-6-21)23-9-10-27(31-17-23)32-12-15-37-16-13-32/h2-10,17,19,30,34-35H,1,11-16,18H2. The summed E-state index contributed by atoms with van der Waals surface area (Å²) in [5.41, 5.74) is 4.32. The van der Waals surface area contributed by atoms with Crippen LogP contribution in [0.5, 0.6) is 0 Å². The molecule has 1 saturated heterocycles. The fraction of sp³-hybridized carbons (Fsp3) is 0.241. The highest BCUT2D eigenvalue weighted by atomic mass is 16.5. The Kier molecular flexibility index (Phi) is 7.20. The van der Waals surface area contributed by atoms with Crippen molar-refractivity contribution >= 4 is 28.2 Å². The molecule has 1 fully saturated rings. The number of nitrogens with zero attached hydrogens (tertiary/aromatic N) is 3. The first kappa shape index (κ1) is 24.5. The number of benzene rings is 2. The summed E-state index contributed by atoms with van der Waals surface area (Å²) in [6.45, 7) is 7.48. The Morgan fingerprint density at radius 2 is 1.81 bits per heavy atom. The number of pyridine rings is 2. The van der Waals surface area contributed by atoms with Crippen LogP contribution in [0.25, 0.3) is 27.8 Å². The van der Waals surface area contributed by atoms with Crippen LogP contribution in [-0.4, -0.2) is 59.2 Å². The lowest BCUT2D eigenvalue weighted by molar-refractivity contribution is 0.122. The van der Waals surface area contributed by atoms with Crippen LogP contribution in [0.4, 0.5) is 11.5 Å². The molecule has 0 saturated carbocycles. The molecule has 3 N–H and O–H groups in total. The molecular weight excluding hydrogens is 468 g/mol. The Morgan fingerprint density at radius 3 is 2.49 bits per heavy atom. The Morgan fingerprint density at radius 1 is 1.05 bits per heavy atom. The minimum absolute atomic E-state index is 0.0607. The van der Waals surface area contributed by atoms with Gasteiger partial charge in [-0.25, -0.2) is 4.98 Å². The van der Waals surface area contributed by atoms with Gasteiger partial charge in [0.15, 0.2) is 0 Å². The molecule has 37 heavy (non-hydrogen) atoms. The molecule has 190 valence electrons. The third-order valence-electron chi connectivity index (χ3n) is 6.57. The van der Waals surface area contributed by atoms with Crippen molar-refractivity contribution in [1.29, 1.82) is 0 Å². The normalized spacial score (nSPS) is 13.6. The van der Waals surface area contributed by atoms with Crippen LogP contribution in [0, 0.1) is 0 Å². The number of ether oxygens (including phenoxy) is 1. The molecule has 0 atom stereocenters. The van der Waals surface area contributed by atoms with E-state index in [1.165, 1.54) is 0 Å². The predicted octanol–water partition coefficient (Wildman–Crippen LogP) is 3.88. The van der Waals surface area contributed by atoms with E-state index in [1.54, 1.807) is 12.3 Å². The number of nitrogens with one attached hydrogen (secondary N) is 1. The van der Waals surface area contributed by atoms with Gasteiger partial charge in [0.25, 0.3) is 0 Å². The van der Waals surface area contributed by atoms with Gasteiger partial charge in [-0.05, 0) is 35.4 Å². The number of hydrogen-bond donors (Lipinski definition) is 3. The van der Waals surface area contributed by atoms with Crippen LogP contribution in [0.2, 0.25) is 0 Å². The smallest absolute Gasteiger partial charge is 0.202 e. The van der Waals surface area contributed by atoms with Gasteiger partial charge in [-0.3, -0.25) is 4.79 Å². The average molecular weight is 499 g/mol. The molecule has 8 nitrogen and oxygen atoms in total. The second kappa shape index (κ2) is 10.9. The zero-order valence-corrected chi connectivity index (χ0v) is 20.6. The maximum absolute atomic E-state index is 13.1. The minimum Gasteiger partial charge on any atom is -0.508 e. The van der Waals surface area contributed by atoms with E-state index in [1.807, 2.05) is 29.0 Å². The molecule has 5 rings (SSSR count). The average Bonchev–Trinajstić information content (AvgIpc) is 2.94. The van der Waals surface area contributed by atoms with E-state index in [2.05, 4.69) is 52.1 Å². The van der Waals surface area contributed by atoms with Crippen LogP contribution in [0.3, 0.4) is 0 Å². The monoisotopic (exact) mass is 498 g/mol. The van der Waals surface area contributed by atoms with E-state index in [0.29, 0.717) is 24.2 Å². The Bertz CT molecular complexity index is 1460. The first-order valence-corrected chi connectivity index (χ1v) is 12.3. The minimum atomic E-state index is -0.303. The summed E-state index contributed by atoms with van der Waals surface area (Å²) < 4.78 is 7.36. The van der Waals surface area contributed by atoms with Crippen molar-refractivity contribution in [2.45, 2.75) is 6.54 Å². The highest BCUT2D eigenvalue weighted by Gasteiger charge is 2.15. The number of hydrogen-bond acceptors (Lipinski definition) is 7. The number of fused-ring (bicyclic) bond motifs is 1. The van der Waals surface area contributed by atoms with E-state index >= 15 is 0 Å². The first-order valence-electron chi connectivity index (χ1n) is 12.3. The molecule has 4 aromatic rings. The Labute approximate surface area is 215 Å². The van der Waals surface area contributed by atoms with Gasteiger partial charge in [-0.1, -0.05) is 36.9 Å². The summed E-state index contributed by atoms with van der Waals surface area (Å²) in [5, 5.41) is 22.9. The van der Waals surface area contributed by atoms with Gasteiger partial charge in [0, 0.05) is 49.8 Å². The molecule has 3 heterocycles. The Hall–Kier alpha value is -4.14. The van der Waals surface area contributed by atoms with Gasteiger partial charge in [0.2, 0.25) is 5.43 Å². The molecule has 1 aliphatic heterocycles. The van der Waals surface area contributed by atoms with Crippen molar-refractivity contribution in [3.8, 4) is 11.1 Å². The van der Waals surface area contributed by atoms with Crippen LogP contribution in [0.1, 0.15) is 11.1 Å². The zero-order chi connectivity index (χ0) is 25.8. The van der Waals surface area contributed by atoms with Gasteiger partial charge in [0.05, 0.1) is 36.3 Å². The van der Waals surface area contributed by atoms with E-state index < -0.39 is 0 Å². The summed E-state index contributed by atoms with van der Waals surface area (Å²) in [6.07, 6.45) is 3.54. The molecule has 0 radical (unpaired) electrons. The quantitative estimate of drug-likeness (QED) is 0.317. The number of aromatic nitrogens is 2. The lowest BCUT2D eigenvalue weighted by Gasteiger charge is -2.27. The number of aliphatic hydroxyl groups excluding tert-OH is 2. The van der Waals surface area contributed by atoms with Gasteiger partial charge >= 0.3 is 0 Å². The number of aliphatic hydroxyl groups is 2. The highest BCUT2D eigenvalue weighted by molar-refractivity contribution is 5.93. The van der Waals surface area contributed by atoms with E-state index in [4.69, 9.17) is 4.74 Å². The fourth-order valence-electron chi connectivity index (χ4n) is 4.65. The molecule has 2 aromatic carbocycles. The molecular formula is C29H30N4O4. The van der Waals surface area contributed by atoms with Crippen molar-refractivity contribution in [3.05, 3.63) is 94.9 Å². The molecule has 0 spiro atoms. The van der Waals surface area contributed by atoms with Gasteiger partial charge in [-0.2, -0.15) is 0 Å². The fourth-order valence-corrected chi connectivity index (χ4v) is 4.65.